The van der Waals surface area contributed by atoms with Gasteiger partial charge < -0.3 is 19.3 Å². The van der Waals surface area contributed by atoms with Gasteiger partial charge in [0.25, 0.3) is 5.91 Å². The molecule has 0 atom stereocenters. The Balaban J connectivity index is 1.57. The maximum atomic E-state index is 12.7. The Bertz CT molecular complexity index is 1210. The summed E-state index contributed by atoms with van der Waals surface area (Å²) in [5.41, 5.74) is 1.75. The number of amides is 1. The van der Waals surface area contributed by atoms with Crippen molar-refractivity contribution in [2.75, 3.05) is 5.32 Å². The Kier molecular flexibility index (Phi) is 5.88. The van der Waals surface area contributed by atoms with Crippen LogP contribution in [0.1, 0.15) is 16.3 Å². The summed E-state index contributed by atoms with van der Waals surface area (Å²) in [7, 11) is 0. The molecule has 2 heterocycles. The average molecular weight is 463 g/mol. The Morgan fingerprint density at radius 3 is 2.23 bits per heavy atom. The number of carbonyl (C=O) groups excluding carboxylic acids is 1. The first-order valence-electron chi connectivity index (χ1n) is 8.80. The minimum absolute atomic E-state index is 0.100. The molecule has 0 spiro atoms. The number of rotatable bonds is 5. The van der Waals surface area contributed by atoms with Crippen LogP contribution in [0.15, 0.2) is 69.5 Å². The van der Waals surface area contributed by atoms with E-state index in [1.807, 2.05) is 0 Å². The molecule has 2 aromatic heterocycles. The fourth-order valence-corrected chi connectivity index (χ4v) is 3.58. The van der Waals surface area contributed by atoms with Gasteiger partial charge >= 0.3 is 0 Å². The summed E-state index contributed by atoms with van der Waals surface area (Å²) >= 11 is 18.3. The summed E-state index contributed by atoms with van der Waals surface area (Å²) in [5.74, 6) is 1.07. The van der Waals surface area contributed by atoms with Gasteiger partial charge in [0.1, 0.15) is 23.9 Å². The molecule has 0 aliphatic heterocycles. The summed E-state index contributed by atoms with van der Waals surface area (Å²) in [4.78, 5) is 12.7. The summed E-state index contributed by atoms with van der Waals surface area (Å²) < 4.78 is 11.2. The number of hydrogen-bond acceptors (Lipinski definition) is 4. The molecule has 5 nitrogen and oxygen atoms in total. The van der Waals surface area contributed by atoms with Crippen LogP contribution in [-0.2, 0) is 6.61 Å². The molecule has 0 unspecified atom stereocenters. The van der Waals surface area contributed by atoms with Gasteiger partial charge in [0.15, 0.2) is 5.76 Å². The first-order chi connectivity index (χ1) is 14.4. The van der Waals surface area contributed by atoms with Gasteiger partial charge in [-0.3, -0.25) is 4.79 Å². The minimum Gasteiger partial charge on any atom is -0.459 e. The van der Waals surface area contributed by atoms with Crippen molar-refractivity contribution in [3.05, 3.63) is 87.3 Å². The highest BCUT2D eigenvalue weighted by Gasteiger charge is 2.16. The maximum Gasteiger partial charge on any atom is 0.291 e. The number of aliphatic hydroxyl groups excluding tert-OH is 1. The molecule has 2 aromatic carbocycles. The van der Waals surface area contributed by atoms with Crippen LogP contribution in [0.2, 0.25) is 15.1 Å². The van der Waals surface area contributed by atoms with Gasteiger partial charge in [0, 0.05) is 21.2 Å². The van der Waals surface area contributed by atoms with Crippen LogP contribution in [-0.4, -0.2) is 11.0 Å². The zero-order valence-corrected chi connectivity index (χ0v) is 17.6. The average Bonchev–Trinajstić information content (AvgIpc) is 3.39. The Hall–Kier alpha value is -2.70. The van der Waals surface area contributed by atoms with Gasteiger partial charge in [0.05, 0.1) is 10.7 Å². The van der Waals surface area contributed by atoms with Crippen molar-refractivity contribution in [1.82, 2.24) is 0 Å². The van der Waals surface area contributed by atoms with Gasteiger partial charge in [-0.1, -0.05) is 34.8 Å². The number of benzene rings is 2. The van der Waals surface area contributed by atoms with E-state index in [1.54, 1.807) is 60.7 Å². The molecule has 0 bridgehead atoms. The van der Waals surface area contributed by atoms with Crippen molar-refractivity contribution < 1.29 is 18.7 Å². The lowest BCUT2D eigenvalue weighted by Crippen LogP contribution is -2.11. The second-order valence-electron chi connectivity index (χ2n) is 6.39. The standard InChI is InChI=1S/C22H14Cl3NO4/c23-14-7-13(8-15(24)10-14)20-5-6-21(30-20)22(28)26-18-9-12(1-3-17(18)25)19-4-2-16(11-27)29-19/h1-10,27H,11H2,(H,26,28). The molecule has 152 valence electrons. The second kappa shape index (κ2) is 8.58. The zero-order chi connectivity index (χ0) is 21.3. The molecular weight excluding hydrogens is 449 g/mol. The van der Waals surface area contributed by atoms with Gasteiger partial charge in [-0.2, -0.15) is 0 Å². The maximum absolute atomic E-state index is 12.7. The number of halogens is 3. The second-order valence-corrected chi connectivity index (χ2v) is 7.67. The van der Waals surface area contributed by atoms with Crippen molar-refractivity contribution in [3.8, 4) is 22.6 Å². The number of hydrogen-bond donors (Lipinski definition) is 2. The molecule has 8 heteroatoms. The Morgan fingerprint density at radius 1 is 0.833 bits per heavy atom. The van der Waals surface area contributed by atoms with Gasteiger partial charge in [-0.25, -0.2) is 0 Å². The van der Waals surface area contributed by atoms with Crippen molar-refractivity contribution in [3.63, 3.8) is 0 Å². The lowest BCUT2D eigenvalue weighted by atomic mass is 10.1. The number of anilines is 1. The lowest BCUT2D eigenvalue weighted by molar-refractivity contribution is 0.0997. The van der Waals surface area contributed by atoms with Crippen LogP contribution < -0.4 is 5.32 Å². The van der Waals surface area contributed by atoms with E-state index in [2.05, 4.69) is 5.32 Å². The minimum atomic E-state index is -0.469. The first kappa shape index (κ1) is 20.6. The molecule has 30 heavy (non-hydrogen) atoms. The molecular formula is C22H14Cl3NO4. The van der Waals surface area contributed by atoms with E-state index in [9.17, 15) is 4.79 Å². The third kappa shape index (κ3) is 4.40. The largest absolute Gasteiger partial charge is 0.459 e. The highest BCUT2D eigenvalue weighted by Crippen LogP contribution is 2.32. The third-order valence-electron chi connectivity index (χ3n) is 4.29. The van der Waals surface area contributed by atoms with Crippen LogP contribution in [0.3, 0.4) is 0 Å². The number of furan rings is 2. The first-order valence-corrected chi connectivity index (χ1v) is 9.93. The lowest BCUT2D eigenvalue weighted by Gasteiger charge is -2.08. The van der Waals surface area contributed by atoms with E-state index in [4.69, 9.17) is 48.7 Å². The van der Waals surface area contributed by atoms with Crippen molar-refractivity contribution in [2.45, 2.75) is 6.61 Å². The fourth-order valence-electron chi connectivity index (χ4n) is 2.89. The predicted molar refractivity (Wildman–Crippen MR) is 117 cm³/mol. The molecule has 4 rings (SSSR count). The van der Waals surface area contributed by atoms with Crippen LogP contribution >= 0.6 is 34.8 Å². The SMILES string of the molecule is O=C(Nc1cc(-c2ccc(CO)o2)ccc1Cl)c1ccc(-c2cc(Cl)cc(Cl)c2)o1. The highest BCUT2D eigenvalue weighted by molar-refractivity contribution is 6.35. The molecule has 4 aromatic rings. The van der Waals surface area contributed by atoms with E-state index in [1.165, 1.54) is 0 Å². The Morgan fingerprint density at radius 2 is 1.53 bits per heavy atom. The molecule has 0 aliphatic carbocycles. The summed E-state index contributed by atoms with van der Waals surface area (Å²) in [6.45, 7) is -0.199. The Labute approximate surface area is 186 Å². The van der Waals surface area contributed by atoms with Crippen molar-refractivity contribution in [2.24, 2.45) is 0 Å². The van der Waals surface area contributed by atoms with Crippen LogP contribution in [0.25, 0.3) is 22.6 Å². The van der Waals surface area contributed by atoms with Crippen molar-refractivity contribution >= 4 is 46.4 Å². The summed E-state index contributed by atoms with van der Waals surface area (Å²) in [5, 5.41) is 13.2. The molecule has 0 fully saturated rings. The van der Waals surface area contributed by atoms with Gasteiger partial charge in [0.2, 0.25) is 0 Å². The van der Waals surface area contributed by atoms with Crippen LogP contribution in [0.4, 0.5) is 5.69 Å². The molecule has 0 saturated carbocycles. The van der Waals surface area contributed by atoms with Gasteiger partial charge in [-0.05, 0) is 60.7 Å². The van der Waals surface area contributed by atoms with E-state index >= 15 is 0 Å². The number of carbonyl (C=O) groups is 1. The van der Waals surface area contributed by atoms with Gasteiger partial charge in [-0.15, -0.1) is 0 Å². The fraction of sp³-hybridized carbons (Fsp3) is 0.0455. The summed E-state index contributed by atoms with van der Waals surface area (Å²) in [6, 6.07) is 16.7. The molecule has 1 amide bonds. The van der Waals surface area contributed by atoms with Crippen molar-refractivity contribution in [1.29, 1.82) is 0 Å². The predicted octanol–water partition coefficient (Wildman–Crippen LogP) is 6.91. The van der Waals surface area contributed by atoms with E-state index in [0.717, 1.165) is 0 Å². The molecule has 0 radical (unpaired) electrons. The normalized spacial score (nSPS) is 10.9. The number of aliphatic hydroxyl groups is 1. The van der Waals surface area contributed by atoms with E-state index in [-0.39, 0.29) is 12.4 Å². The number of nitrogens with one attached hydrogen (secondary N) is 1. The highest BCUT2D eigenvalue weighted by atomic mass is 35.5. The smallest absolute Gasteiger partial charge is 0.291 e. The van der Waals surface area contributed by atoms with E-state index < -0.39 is 5.91 Å². The van der Waals surface area contributed by atoms with E-state index in [0.29, 0.717) is 49.2 Å². The third-order valence-corrected chi connectivity index (χ3v) is 5.06. The quantitative estimate of drug-likeness (QED) is 0.338. The molecule has 0 aliphatic rings. The topological polar surface area (TPSA) is 75.6 Å². The van der Waals surface area contributed by atoms with Crippen LogP contribution in [0.5, 0.6) is 0 Å². The molecule has 0 saturated heterocycles. The monoisotopic (exact) mass is 461 g/mol. The van der Waals surface area contributed by atoms with Crippen LogP contribution in [0, 0.1) is 0 Å². The molecule has 2 N–H and O–H groups in total. The zero-order valence-electron chi connectivity index (χ0n) is 15.3. The summed E-state index contributed by atoms with van der Waals surface area (Å²) in [6.07, 6.45) is 0.